The molecule has 0 aliphatic carbocycles. The maximum atomic E-state index is 9.96. The summed E-state index contributed by atoms with van der Waals surface area (Å²) in [6.45, 7) is 4.10. The van der Waals surface area contributed by atoms with Crippen molar-refractivity contribution < 1.29 is 5.21 Å². The second-order valence-electron chi connectivity index (χ2n) is 5.35. The molecule has 1 heterocycles. The van der Waals surface area contributed by atoms with Crippen molar-refractivity contribution in [1.82, 2.24) is 3.28 Å². The molecule has 5 nitrogen and oxygen atoms in total. The average Bonchev–Trinajstić information content (AvgIpc) is 2.56. The topological polar surface area (TPSA) is 51.4 Å². The Bertz CT molecular complexity index is 578. The third kappa shape index (κ3) is 4.69. The second-order valence-corrected chi connectivity index (χ2v) is 7.93. The van der Waals surface area contributed by atoms with Crippen LogP contribution >= 0.6 is 21.0 Å². The van der Waals surface area contributed by atoms with Crippen molar-refractivity contribution in [3.63, 3.8) is 0 Å². The zero-order valence-corrected chi connectivity index (χ0v) is 14.9. The summed E-state index contributed by atoms with van der Waals surface area (Å²) in [6.07, 6.45) is 2.92. The lowest BCUT2D eigenvalue weighted by Gasteiger charge is -2.15. The van der Waals surface area contributed by atoms with Crippen LogP contribution in [0.3, 0.4) is 0 Å². The van der Waals surface area contributed by atoms with Gasteiger partial charge in [-0.3, -0.25) is 0 Å². The first kappa shape index (κ1) is 16.3. The molecule has 0 bridgehead atoms. The van der Waals surface area contributed by atoms with Crippen molar-refractivity contribution in [2.75, 3.05) is 19.0 Å². The molecular weight excluding hydrogens is 379 g/mol. The number of anilines is 1. The van der Waals surface area contributed by atoms with E-state index in [0.717, 1.165) is 21.4 Å². The van der Waals surface area contributed by atoms with E-state index in [-0.39, 0.29) is 6.04 Å². The minimum atomic E-state index is -0.664. The number of halogens is 1. The Hall–Kier alpha value is -1.12. The SMILES string of the molecule is CC1=CC(N=Nc2ccc(N(C)C)cc2)=IN(O)C(C)C1. The van der Waals surface area contributed by atoms with Crippen LogP contribution in [0.15, 0.2) is 46.1 Å². The zero-order valence-electron chi connectivity index (χ0n) is 12.8. The lowest BCUT2D eigenvalue weighted by atomic mass is 10.1. The van der Waals surface area contributed by atoms with Gasteiger partial charge in [0.15, 0.2) is 0 Å². The molecule has 1 atom stereocenters. The molecule has 0 spiro atoms. The normalized spacial score (nSPS) is 20.5. The van der Waals surface area contributed by atoms with Crippen LogP contribution in [0.2, 0.25) is 0 Å². The molecule has 0 aromatic heterocycles. The Morgan fingerprint density at radius 3 is 2.52 bits per heavy atom. The lowest BCUT2D eigenvalue weighted by molar-refractivity contribution is 0.00698. The molecule has 1 N–H and O–H groups in total. The summed E-state index contributed by atoms with van der Waals surface area (Å²) in [5.74, 6) is 0. The zero-order chi connectivity index (χ0) is 15.4. The van der Waals surface area contributed by atoms with Gasteiger partial charge in [0.1, 0.15) is 3.63 Å². The highest BCUT2D eigenvalue weighted by atomic mass is 127. The van der Waals surface area contributed by atoms with Crippen molar-refractivity contribution in [3.8, 4) is 0 Å². The molecule has 6 heteroatoms. The molecule has 21 heavy (non-hydrogen) atoms. The Labute approximate surface area is 136 Å². The van der Waals surface area contributed by atoms with Crippen molar-refractivity contribution >= 4 is 36.0 Å². The van der Waals surface area contributed by atoms with Crippen LogP contribution < -0.4 is 4.90 Å². The smallest absolute Gasteiger partial charge is 0.131 e. The fourth-order valence-corrected chi connectivity index (χ4v) is 4.02. The summed E-state index contributed by atoms with van der Waals surface area (Å²) >= 11 is -0.664. The molecule has 0 amide bonds. The van der Waals surface area contributed by atoms with E-state index in [9.17, 15) is 5.21 Å². The van der Waals surface area contributed by atoms with Gasteiger partial charge in [-0.15, -0.1) is 8.39 Å². The molecule has 1 aromatic carbocycles. The van der Waals surface area contributed by atoms with E-state index in [4.69, 9.17) is 0 Å². The molecular formula is C15H21IN4O. The number of nitrogens with zero attached hydrogens (tertiary/aromatic N) is 4. The molecule has 1 unspecified atom stereocenters. The van der Waals surface area contributed by atoms with E-state index in [2.05, 4.69) is 23.2 Å². The lowest BCUT2D eigenvalue weighted by Crippen LogP contribution is -2.19. The van der Waals surface area contributed by atoms with E-state index in [1.165, 1.54) is 8.85 Å². The average molecular weight is 400 g/mol. The number of hydrogen-bond donors (Lipinski definition) is 1. The van der Waals surface area contributed by atoms with Gasteiger partial charge in [0, 0.05) is 46.8 Å². The Kier molecular flexibility index (Phi) is 5.60. The monoisotopic (exact) mass is 400 g/mol. The molecule has 114 valence electrons. The second kappa shape index (κ2) is 7.24. The highest BCUT2D eigenvalue weighted by Gasteiger charge is 2.15. The standard InChI is InChI=1S/C15H21IN4O/c1-11-9-12(2)20(21)16-15(10-11)18-17-13-5-7-14(8-6-13)19(3)4/h5-8,10,12,21H,9H2,1-4H3. The first-order valence-corrected chi connectivity index (χ1v) is 8.86. The maximum absolute atomic E-state index is 9.96. The number of benzene rings is 1. The van der Waals surface area contributed by atoms with Gasteiger partial charge >= 0.3 is 0 Å². The van der Waals surface area contributed by atoms with Crippen LogP contribution in [0.1, 0.15) is 20.3 Å². The van der Waals surface area contributed by atoms with Crippen LogP contribution in [0.4, 0.5) is 11.4 Å². The van der Waals surface area contributed by atoms with Crippen molar-refractivity contribution in [2.45, 2.75) is 26.3 Å². The van der Waals surface area contributed by atoms with Crippen LogP contribution in [0.25, 0.3) is 0 Å². The van der Waals surface area contributed by atoms with Gasteiger partial charge in [-0.1, -0.05) is 5.57 Å². The number of azo groups is 1. The Morgan fingerprint density at radius 1 is 1.24 bits per heavy atom. The van der Waals surface area contributed by atoms with E-state index in [1.54, 1.807) is 0 Å². The third-order valence-electron chi connectivity index (χ3n) is 3.15. The van der Waals surface area contributed by atoms with Gasteiger partial charge in [0.05, 0.1) is 5.69 Å². The van der Waals surface area contributed by atoms with Gasteiger partial charge in [0.25, 0.3) is 0 Å². The molecule has 0 fully saturated rings. The quantitative estimate of drug-likeness (QED) is 0.468. The van der Waals surface area contributed by atoms with Gasteiger partial charge in [-0.25, -0.2) is 0 Å². The number of hydroxylamine groups is 1. The number of hydrogen-bond acceptors (Lipinski definition) is 5. The summed E-state index contributed by atoms with van der Waals surface area (Å²) in [6, 6.07) is 8.08. The van der Waals surface area contributed by atoms with Crippen molar-refractivity contribution in [3.05, 3.63) is 35.9 Å². The van der Waals surface area contributed by atoms with Gasteiger partial charge in [-0.05, 0) is 50.6 Å². The summed E-state index contributed by atoms with van der Waals surface area (Å²) in [5, 5.41) is 18.6. The molecule has 1 aliphatic rings. The maximum Gasteiger partial charge on any atom is 0.131 e. The summed E-state index contributed by atoms with van der Waals surface area (Å²) in [4.78, 5) is 2.05. The van der Waals surface area contributed by atoms with Gasteiger partial charge in [0.2, 0.25) is 0 Å². The first-order valence-electron chi connectivity index (χ1n) is 6.82. The Morgan fingerprint density at radius 2 is 1.90 bits per heavy atom. The summed E-state index contributed by atoms with van der Waals surface area (Å²) in [5.41, 5.74) is 3.19. The van der Waals surface area contributed by atoms with E-state index < -0.39 is 21.0 Å². The van der Waals surface area contributed by atoms with Crippen LogP contribution in [-0.2, 0) is 0 Å². The minimum absolute atomic E-state index is 0.154. The van der Waals surface area contributed by atoms with Crippen LogP contribution in [-0.4, -0.2) is 32.3 Å². The molecule has 0 saturated heterocycles. The molecule has 0 radical (unpaired) electrons. The van der Waals surface area contributed by atoms with Crippen LogP contribution in [0.5, 0.6) is 0 Å². The Balaban J connectivity index is 2.15. The van der Waals surface area contributed by atoms with Crippen LogP contribution in [0, 0.1) is 0 Å². The molecule has 1 aromatic rings. The van der Waals surface area contributed by atoms with Crippen molar-refractivity contribution in [1.29, 1.82) is 0 Å². The molecule has 1 aliphatic heterocycles. The highest BCUT2D eigenvalue weighted by Crippen LogP contribution is 2.24. The number of rotatable bonds is 3. The highest BCUT2D eigenvalue weighted by molar-refractivity contribution is 14.2. The molecule has 2 rings (SSSR count). The van der Waals surface area contributed by atoms with E-state index >= 15 is 0 Å². The summed E-state index contributed by atoms with van der Waals surface area (Å²) in [7, 11) is 4.01. The van der Waals surface area contributed by atoms with Gasteiger partial charge < -0.3 is 10.1 Å². The predicted octanol–water partition coefficient (Wildman–Crippen LogP) is 4.28. The van der Waals surface area contributed by atoms with E-state index in [0.29, 0.717) is 0 Å². The predicted molar refractivity (Wildman–Crippen MR) is 95.8 cm³/mol. The van der Waals surface area contributed by atoms with Crippen molar-refractivity contribution in [2.24, 2.45) is 10.2 Å². The van der Waals surface area contributed by atoms with Gasteiger partial charge in [-0.2, -0.15) is 5.11 Å². The minimum Gasteiger partial charge on any atom is -0.378 e. The largest absolute Gasteiger partial charge is 0.378 e. The summed E-state index contributed by atoms with van der Waals surface area (Å²) < 4.78 is 2.31. The van der Waals surface area contributed by atoms with E-state index in [1.807, 2.05) is 50.2 Å². The molecule has 0 saturated carbocycles. The first-order chi connectivity index (χ1) is 9.95. The fourth-order valence-electron chi connectivity index (χ4n) is 1.97. The fraction of sp³-hybridized carbons (Fsp3) is 0.400. The third-order valence-corrected chi connectivity index (χ3v) is 5.61.